The van der Waals surface area contributed by atoms with Crippen molar-refractivity contribution in [2.75, 3.05) is 19.3 Å². The second-order valence-corrected chi connectivity index (χ2v) is 5.59. The first-order chi connectivity index (χ1) is 7.31. The van der Waals surface area contributed by atoms with Crippen molar-refractivity contribution in [2.24, 2.45) is 0 Å². The van der Waals surface area contributed by atoms with Gasteiger partial charge in [-0.3, -0.25) is 4.79 Å². The Morgan fingerprint density at radius 2 is 2.00 bits per heavy atom. The van der Waals surface area contributed by atoms with Gasteiger partial charge in [0.2, 0.25) is 15.9 Å². The number of sulfonamides is 1. The third-order valence-electron chi connectivity index (χ3n) is 1.83. The number of aliphatic hydroxyl groups is 1. The van der Waals surface area contributed by atoms with Crippen LogP contribution in [-0.2, 0) is 14.8 Å². The molecule has 7 heteroatoms. The van der Waals surface area contributed by atoms with Crippen LogP contribution in [0.4, 0.5) is 0 Å². The van der Waals surface area contributed by atoms with Crippen molar-refractivity contribution in [3.8, 4) is 0 Å². The number of rotatable bonds is 8. The molecule has 0 aromatic carbocycles. The normalized spacial score (nSPS) is 13.4. The Bertz CT molecular complexity index is 301. The van der Waals surface area contributed by atoms with E-state index < -0.39 is 16.1 Å². The lowest BCUT2D eigenvalue weighted by atomic mass is 10.2. The number of nitrogens with one attached hydrogen (secondary N) is 2. The van der Waals surface area contributed by atoms with Crippen molar-refractivity contribution in [3.63, 3.8) is 0 Å². The maximum Gasteiger partial charge on any atom is 0.220 e. The molecule has 1 atom stereocenters. The van der Waals surface area contributed by atoms with Crippen molar-refractivity contribution in [1.82, 2.24) is 10.0 Å². The van der Waals surface area contributed by atoms with E-state index in [4.69, 9.17) is 5.11 Å². The summed E-state index contributed by atoms with van der Waals surface area (Å²) in [6.45, 7) is 2.37. The molecule has 0 bridgehead atoms. The minimum Gasteiger partial charge on any atom is -0.393 e. The van der Waals surface area contributed by atoms with Gasteiger partial charge in [0.15, 0.2) is 0 Å². The van der Waals surface area contributed by atoms with E-state index in [0.717, 1.165) is 6.26 Å². The molecule has 0 fully saturated rings. The summed E-state index contributed by atoms with van der Waals surface area (Å²) in [6, 6.07) is 0. The number of amides is 1. The fourth-order valence-electron chi connectivity index (χ4n) is 1.00. The Kier molecular flexibility index (Phi) is 7.27. The Morgan fingerprint density at radius 3 is 2.50 bits per heavy atom. The molecule has 0 saturated carbocycles. The zero-order valence-corrected chi connectivity index (χ0v) is 10.5. The predicted molar refractivity (Wildman–Crippen MR) is 61.4 cm³/mol. The van der Waals surface area contributed by atoms with Crippen LogP contribution in [0.1, 0.15) is 26.2 Å². The van der Waals surface area contributed by atoms with Crippen LogP contribution in [0.15, 0.2) is 0 Å². The molecule has 0 aliphatic carbocycles. The predicted octanol–water partition coefficient (Wildman–Crippen LogP) is -0.797. The second kappa shape index (κ2) is 7.59. The summed E-state index contributed by atoms with van der Waals surface area (Å²) in [6.07, 6.45) is 1.89. The topological polar surface area (TPSA) is 95.5 Å². The van der Waals surface area contributed by atoms with Crippen LogP contribution in [0, 0.1) is 0 Å². The molecule has 0 spiro atoms. The Morgan fingerprint density at radius 1 is 1.38 bits per heavy atom. The van der Waals surface area contributed by atoms with Gasteiger partial charge in [-0.2, -0.15) is 0 Å². The SMILES string of the molecule is CC(O)CCC(=O)NCCCNS(C)(=O)=O. The Labute approximate surface area is 96.5 Å². The summed E-state index contributed by atoms with van der Waals surface area (Å²) in [5.41, 5.74) is 0. The van der Waals surface area contributed by atoms with E-state index >= 15 is 0 Å². The molecule has 16 heavy (non-hydrogen) atoms. The molecule has 96 valence electrons. The lowest BCUT2D eigenvalue weighted by molar-refractivity contribution is -0.121. The van der Waals surface area contributed by atoms with Crippen LogP contribution in [-0.4, -0.2) is 44.9 Å². The van der Waals surface area contributed by atoms with Crippen LogP contribution in [0.5, 0.6) is 0 Å². The lowest BCUT2D eigenvalue weighted by Gasteiger charge is -2.06. The molecule has 1 amide bonds. The molecule has 6 nitrogen and oxygen atoms in total. The molecular formula is C9H20N2O4S. The van der Waals surface area contributed by atoms with Crippen molar-refractivity contribution in [3.05, 3.63) is 0 Å². The fourth-order valence-corrected chi connectivity index (χ4v) is 1.52. The number of aliphatic hydroxyl groups excluding tert-OH is 1. The van der Waals surface area contributed by atoms with Gasteiger partial charge in [0.05, 0.1) is 12.4 Å². The van der Waals surface area contributed by atoms with Gasteiger partial charge in [-0.05, 0) is 19.8 Å². The van der Waals surface area contributed by atoms with Crippen LogP contribution in [0.2, 0.25) is 0 Å². The largest absolute Gasteiger partial charge is 0.393 e. The van der Waals surface area contributed by atoms with Gasteiger partial charge >= 0.3 is 0 Å². The summed E-state index contributed by atoms with van der Waals surface area (Å²) in [5, 5.41) is 11.6. The molecule has 1 unspecified atom stereocenters. The van der Waals surface area contributed by atoms with E-state index in [1.165, 1.54) is 0 Å². The van der Waals surface area contributed by atoms with E-state index in [-0.39, 0.29) is 12.3 Å². The highest BCUT2D eigenvalue weighted by Gasteiger charge is 2.03. The van der Waals surface area contributed by atoms with Crippen molar-refractivity contribution < 1.29 is 18.3 Å². The summed E-state index contributed by atoms with van der Waals surface area (Å²) < 4.78 is 23.7. The first-order valence-electron chi connectivity index (χ1n) is 5.20. The van der Waals surface area contributed by atoms with E-state index in [9.17, 15) is 13.2 Å². The first kappa shape index (κ1) is 15.3. The summed E-state index contributed by atoms with van der Waals surface area (Å²) in [4.78, 5) is 11.1. The summed E-state index contributed by atoms with van der Waals surface area (Å²) in [7, 11) is -3.14. The standard InChI is InChI=1S/C9H20N2O4S/c1-8(12)4-5-9(13)10-6-3-7-11-16(2,14)15/h8,11-12H,3-7H2,1-2H3,(H,10,13). The van der Waals surface area contributed by atoms with Gasteiger partial charge in [0.25, 0.3) is 0 Å². The van der Waals surface area contributed by atoms with Crippen LogP contribution >= 0.6 is 0 Å². The van der Waals surface area contributed by atoms with Crippen LogP contribution in [0.25, 0.3) is 0 Å². The monoisotopic (exact) mass is 252 g/mol. The summed E-state index contributed by atoms with van der Waals surface area (Å²) in [5.74, 6) is -0.125. The highest BCUT2D eigenvalue weighted by atomic mass is 32.2. The summed E-state index contributed by atoms with van der Waals surface area (Å²) >= 11 is 0. The average Bonchev–Trinajstić information content (AvgIpc) is 2.12. The Hall–Kier alpha value is -0.660. The van der Waals surface area contributed by atoms with Gasteiger partial charge in [-0.25, -0.2) is 13.1 Å². The molecule has 0 heterocycles. The number of carbonyl (C=O) groups excluding carboxylic acids is 1. The number of hydrogen-bond donors (Lipinski definition) is 3. The molecule has 0 radical (unpaired) electrons. The smallest absolute Gasteiger partial charge is 0.220 e. The maximum absolute atomic E-state index is 11.1. The zero-order chi connectivity index (χ0) is 12.6. The van der Waals surface area contributed by atoms with Crippen molar-refractivity contribution in [2.45, 2.75) is 32.3 Å². The Balaban J connectivity index is 3.42. The van der Waals surface area contributed by atoms with E-state index in [1.807, 2.05) is 0 Å². The molecule has 0 saturated heterocycles. The van der Waals surface area contributed by atoms with Crippen molar-refractivity contribution in [1.29, 1.82) is 0 Å². The van der Waals surface area contributed by atoms with E-state index in [0.29, 0.717) is 25.9 Å². The number of hydrogen-bond acceptors (Lipinski definition) is 4. The fraction of sp³-hybridized carbons (Fsp3) is 0.889. The molecule has 0 aliphatic rings. The lowest BCUT2D eigenvalue weighted by Crippen LogP contribution is -2.29. The third-order valence-corrected chi connectivity index (χ3v) is 2.56. The van der Waals surface area contributed by atoms with Crippen molar-refractivity contribution >= 4 is 15.9 Å². The highest BCUT2D eigenvalue weighted by Crippen LogP contribution is 1.94. The molecule has 0 aliphatic heterocycles. The quantitative estimate of drug-likeness (QED) is 0.493. The second-order valence-electron chi connectivity index (χ2n) is 3.76. The molecule has 0 aromatic rings. The van der Waals surface area contributed by atoms with E-state index in [1.54, 1.807) is 6.92 Å². The maximum atomic E-state index is 11.1. The van der Waals surface area contributed by atoms with Gasteiger partial charge in [0, 0.05) is 19.5 Å². The number of carbonyl (C=O) groups is 1. The molecular weight excluding hydrogens is 232 g/mol. The highest BCUT2D eigenvalue weighted by molar-refractivity contribution is 7.88. The van der Waals surface area contributed by atoms with Gasteiger partial charge in [-0.1, -0.05) is 0 Å². The van der Waals surface area contributed by atoms with Crippen LogP contribution in [0.3, 0.4) is 0 Å². The van der Waals surface area contributed by atoms with Gasteiger partial charge in [0.1, 0.15) is 0 Å². The van der Waals surface area contributed by atoms with Gasteiger partial charge in [-0.15, -0.1) is 0 Å². The molecule has 0 aromatic heterocycles. The average molecular weight is 252 g/mol. The first-order valence-corrected chi connectivity index (χ1v) is 7.10. The van der Waals surface area contributed by atoms with Gasteiger partial charge < -0.3 is 10.4 Å². The third kappa shape index (κ3) is 11.4. The van der Waals surface area contributed by atoms with E-state index in [2.05, 4.69) is 10.0 Å². The molecule has 3 N–H and O–H groups in total. The zero-order valence-electron chi connectivity index (χ0n) is 9.69. The van der Waals surface area contributed by atoms with Crippen LogP contribution < -0.4 is 10.0 Å². The minimum atomic E-state index is -3.14. The minimum absolute atomic E-state index is 0.125. The molecule has 0 rings (SSSR count).